The van der Waals surface area contributed by atoms with Crippen LogP contribution in [0, 0.1) is 22.0 Å². The molecule has 22 heavy (non-hydrogen) atoms. The van der Waals surface area contributed by atoms with E-state index in [1.165, 1.54) is 11.8 Å². The van der Waals surface area contributed by atoms with Gasteiger partial charge in [-0.1, -0.05) is 25.6 Å². The fraction of sp³-hybridized carbons (Fsp3) is 0.929. The second-order valence-electron chi connectivity index (χ2n) is 5.85. The minimum atomic E-state index is -0.661. The lowest BCUT2D eigenvalue weighted by molar-refractivity contribution is -0.484. The first-order valence-corrected chi connectivity index (χ1v) is 9.02. The summed E-state index contributed by atoms with van der Waals surface area (Å²) < 4.78 is 5.52. The highest BCUT2D eigenvalue weighted by atomic mass is 32.2. The largest absolute Gasteiger partial charge is 0.381 e. The third-order valence-electron chi connectivity index (χ3n) is 4.07. The van der Waals surface area contributed by atoms with Gasteiger partial charge in [0.05, 0.1) is 11.7 Å². The van der Waals surface area contributed by atoms with Gasteiger partial charge in [-0.25, -0.2) is 10.1 Å². The minimum absolute atomic E-state index is 0.150. The Morgan fingerprint density at radius 2 is 2.32 bits per heavy atom. The Bertz CT molecular complexity index is 381. The number of thioether (sulfide) groups is 1. The number of hydrogen-bond acceptors (Lipinski definition) is 5. The van der Waals surface area contributed by atoms with Gasteiger partial charge >= 0.3 is 0 Å². The van der Waals surface area contributed by atoms with Crippen LogP contribution in [0.15, 0.2) is 5.10 Å². The zero-order valence-electron chi connectivity index (χ0n) is 13.9. The highest BCUT2D eigenvalue weighted by molar-refractivity contribution is 8.13. The first kappa shape index (κ1) is 19.2. The monoisotopic (exact) mass is 332 g/mol. The molecule has 0 saturated carbocycles. The lowest BCUT2D eigenvalue weighted by Crippen LogP contribution is -2.37. The number of nitrogens with zero attached hydrogens (tertiary/aromatic N) is 3. The van der Waals surface area contributed by atoms with Crippen LogP contribution in [0.25, 0.3) is 0 Å². The molecule has 0 aromatic heterocycles. The lowest BCUT2D eigenvalue weighted by atomic mass is 9.97. The van der Waals surface area contributed by atoms with E-state index in [0.29, 0.717) is 17.0 Å². The van der Waals surface area contributed by atoms with Crippen molar-refractivity contribution in [3.63, 3.8) is 0 Å². The number of amidine groups is 1. The number of rotatable bonds is 8. The molecule has 0 amide bonds. The highest BCUT2D eigenvalue weighted by Crippen LogP contribution is 2.21. The second kappa shape index (κ2) is 10.0. The van der Waals surface area contributed by atoms with E-state index in [1.807, 2.05) is 6.92 Å². The van der Waals surface area contributed by atoms with Crippen LogP contribution in [0.3, 0.4) is 0 Å². The van der Waals surface area contributed by atoms with Gasteiger partial charge in [-0.05, 0) is 38.0 Å². The van der Waals surface area contributed by atoms with E-state index in [1.54, 1.807) is 6.26 Å². The average molecular weight is 332 g/mol. The van der Waals surface area contributed by atoms with Crippen molar-refractivity contribution in [2.45, 2.75) is 33.2 Å². The molecule has 0 aromatic rings. The summed E-state index contributed by atoms with van der Waals surface area (Å²) in [4.78, 5) is 12.9. The fourth-order valence-electron chi connectivity index (χ4n) is 2.51. The SMILES string of the molecule is CCN(CCC(C)NC(=N[N+](=O)[O-])SC)CC1COCC1C. The van der Waals surface area contributed by atoms with E-state index in [0.717, 1.165) is 39.3 Å². The molecule has 1 aliphatic heterocycles. The molecule has 128 valence electrons. The molecule has 1 aliphatic rings. The summed E-state index contributed by atoms with van der Waals surface area (Å²) in [6, 6.07) is 0.150. The maximum Gasteiger partial charge on any atom is 0.234 e. The van der Waals surface area contributed by atoms with Crippen LogP contribution >= 0.6 is 11.8 Å². The quantitative estimate of drug-likeness (QED) is 0.316. The summed E-state index contributed by atoms with van der Waals surface area (Å²) in [6.07, 6.45) is 2.70. The van der Waals surface area contributed by atoms with Gasteiger partial charge in [-0.3, -0.25) is 0 Å². The predicted octanol–water partition coefficient (Wildman–Crippen LogP) is 1.87. The number of hydrazone groups is 1. The fourth-order valence-corrected chi connectivity index (χ4v) is 2.98. The van der Waals surface area contributed by atoms with Crippen molar-refractivity contribution in [3.05, 3.63) is 10.1 Å². The van der Waals surface area contributed by atoms with Crippen molar-refractivity contribution in [1.29, 1.82) is 0 Å². The number of nitro groups is 1. The molecule has 0 radical (unpaired) electrons. The minimum Gasteiger partial charge on any atom is -0.381 e. The Balaban J connectivity index is 2.36. The Labute approximate surface area is 137 Å². The summed E-state index contributed by atoms with van der Waals surface area (Å²) in [7, 11) is 0. The van der Waals surface area contributed by atoms with Crippen LogP contribution in [0.4, 0.5) is 0 Å². The van der Waals surface area contributed by atoms with Crippen LogP contribution in [-0.4, -0.2) is 60.2 Å². The van der Waals surface area contributed by atoms with Crippen LogP contribution in [0.2, 0.25) is 0 Å². The van der Waals surface area contributed by atoms with E-state index in [-0.39, 0.29) is 6.04 Å². The van der Waals surface area contributed by atoms with Crippen molar-refractivity contribution in [2.75, 3.05) is 39.1 Å². The Kier molecular flexibility index (Phi) is 8.74. The van der Waals surface area contributed by atoms with Crippen molar-refractivity contribution in [3.8, 4) is 0 Å². The smallest absolute Gasteiger partial charge is 0.234 e. The van der Waals surface area contributed by atoms with Crippen LogP contribution in [0.5, 0.6) is 0 Å². The van der Waals surface area contributed by atoms with Crippen molar-refractivity contribution >= 4 is 16.9 Å². The van der Waals surface area contributed by atoms with E-state index >= 15 is 0 Å². The van der Waals surface area contributed by atoms with E-state index in [2.05, 4.69) is 29.2 Å². The second-order valence-corrected chi connectivity index (χ2v) is 6.64. The number of nitrogens with one attached hydrogen (secondary N) is 1. The molecule has 0 bridgehead atoms. The maximum atomic E-state index is 10.4. The molecular formula is C14H28N4O3S. The molecule has 7 nitrogen and oxygen atoms in total. The maximum absolute atomic E-state index is 10.4. The first-order chi connectivity index (χ1) is 10.5. The van der Waals surface area contributed by atoms with Gasteiger partial charge in [0, 0.05) is 25.7 Å². The molecule has 1 rings (SSSR count). The lowest BCUT2D eigenvalue weighted by Gasteiger charge is -2.26. The Morgan fingerprint density at radius 1 is 1.59 bits per heavy atom. The summed E-state index contributed by atoms with van der Waals surface area (Å²) in [5.74, 6) is 1.24. The van der Waals surface area contributed by atoms with Crippen molar-refractivity contribution in [2.24, 2.45) is 16.9 Å². The van der Waals surface area contributed by atoms with Crippen molar-refractivity contribution < 1.29 is 9.77 Å². The molecular weight excluding hydrogens is 304 g/mol. The molecule has 1 N–H and O–H groups in total. The van der Waals surface area contributed by atoms with Gasteiger partial charge in [-0.15, -0.1) is 0 Å². The van der Waals surface area contributed by atoms with Gasteiger partial charge in [-0.2, -0.15) is 0 Å². The predicted molar refractivity (Wildman–Crippen MR) is 90.7 cm³/mol. The van der Waals surface area contributed by atoms with Crippen LogP contribution < -0.4 is 5.32 Å². The van der Waals surface area contributed by atoms with Crippen molar-refractivity contribution in [1.82, 2.24) is 10.2 Å². The van der Waals surface area contributed by atoms with E-state index in [4.69, 9.17) is 4.74 Å². The molecule has 0 spiro atoms. The molecule has 1 saturated heterocycles. The third kappa shape index (κ3) is 6.93. The van der Waals surface area contributed by atoms with E-state index in [9.17, 15) is 10.1 Å². The molecule has 3 unspecified atom stereocenters. The van der Waals surface area contributed by atoms with Crippen LogP contribution in [-0.2, 0) is 4.74 Å². The van der Waals surface area contributed by atoms with Gasteiger partial charge in [0.15, 0.2) is 5.03 Å². The first-order valence-electron chi connectivity index (χ1n) is 7.79. The third-order valence-corrected chi connectivity index (χ3v) is 4.66. The van der Waals surface area contributed by atoms with Gasteiger partial charge < -0.3 is 15.0 Å². The van der Waals surface area contributed by atoms with Crippen LogP contribution in [0.1, 0.15) is 27.2 Å². The molecule has 1 fully saturated rings. The molecule has 8 heteroatoms. The highest BCUT2D eigenvalue weighted by Gasteiger charge is 2.25. The zero-order chi connectivity index (χ0) is 16.5. The summed E-state index contributed by atoms with van der Waals surface area (Å²) in [5, 5.41) is 16.6. The summed E-state index contributed by atoms with van der Waals surface area (Å²) in [6.45, 7) is 11.2. The molecule has 0 aromatic carbocycles. The molecule has 3 atom stereocenters. The standard InChI is InChI=1S/C14H28N4O3S/c1-5-17(8-13-10-21-9-11(13)2)7-6-12(3)15-14(22-4)16-18(19)20/h11-13H,5-10H2,1-4H3,(H,15,16). The molecule has 1 heterocycles. The number of ether oxygens (including phenoxy) is 1. The Morgan fingerprint density at radius 3 is 2.82 bits per heavy atom. The molecule has 0 aliphatic carbocycles. The normalized spacial score (nSPS) is 23.8. The summed E-state index contributed by atoms with van der Waals surface area (Å²) >= 11 is 1.26. The van der Waals surface area contributed by atoms with Gasteiger partial charge in [0.1, 0.15) is 0 Å². The Hall–Kier alpha value is -0.860. The number of hydrogen-bond donors (Lipinski definition) is 1. The van der Waals surface area contributed by atoms with Gasteiger partial charge in [0.25, 0.3) is 0 Å². The summed E-state index contributed by atoms with van der Waals surface area (Å²) in [5.41, 5.74) is 0. The zero-order valence-corrected chi connectivity index (χ0v) is 14.8. The van der Waals surface area contributed by atoms with E-state index < -0.39 is 5.03 Å². The average Bonchev–Trinajstić information content (AvgIpc) is 2.87. The topological polar surface area (TPSA) is 80.0 Å². The van der Waals surface area contributed by atoms with Gasteiger partial charge in [0.2, 0.25) is 5.17 Å².